The molecule has 2 aromatic rings. The molecule has 0 saturated heterocycles. The number of nitrogens with zero attached hydrogens (tertiary/aromatic N) is 2. The van der Waals surface area contributed by atoms with Crippen LogP contribution >= 0.6 is 11.3 Å². The third-order valence-corrected chi connectivity index (χ3v) is 2.60. The molecule has 2 heterocycles. The maximum Gasteiger partial charge on any atom is 0.126 e. The van der Waals surface area contributed by atoms with Crippen molar-refractivity contribution in [3.63, 3.8) is 0 Å². The Morgan fingerprint density at radius 2 is 2.36 bits per heavy atom. The van der Waals surface area contributed by atoms with Crippen LogP contribution in [0.5, 0.6) is 0 Å². The van der Waals surface area contributed by atoms with Gasteiger partial charge in [0.2, 0.25) is 0 Å². The lowest BCUT2D eigenvalue weighted by molar-refractivity contribution is 1.04. The van der Waals surface area contributed by atoms with Gasteiger partial charge in [-0.1, -0.05) is 6.07 Å². The summed E-state index contributed by atoms with van der Waals surface area (Å²) in [4.78, 5) is 8.52. The summed E-state index contributed by atoms with van der Waals surface area (Å²) in [7, 11) is 0. The molecule has 0 fully saturated rings. The quantitative estimate of drug-likeness (QED) is 0.836. The van der Waals surface area contributed by atoms with Crippen LogP contribution in [-0.2, 0) is 6.54 Å². The van der Waals surface area contributed by atoms with Gasteiger partial charge in [-0.25, -0.2) is 9.97 Å². The molecule has 4 heteroatoms. The predicted molar refractivity (Wildman–Crippen MR) is 58.4 cm³/mol. The first-order valence-electron chi connectivity index (χ1n) is 4.40. The van der Waals surface area contributed by atoms with E-state index in [4.69, 9.17) is 0 Å². The van der Waals surface area contributed by atoms with E-state index >= 15 is 0 Å². The van der Waals surface area contributed by atoms with Crippen molar-refractivity contribution in [3.8, 4) is 0 Å². The Labute approximate surface area is 86.8 Å². The third-order valence-electron chi connectivity index (χ3n) is 1.78. The minimum atomic E-state index is 0.737. The summed E-state index contributed by atoms with van der Waals surface area (Å²) in [5, 5.41) is 6.37. The number of nitrogens with one attached hydrogen (secondary N) is 1. The van der Waals surface area contributed by atoms with Gasteiger partial charge in [0.15, 0.2) is 0 Å². The van der Waals surface area contributed by atoms with E-state index in [-0.39, 0.29) is 0 Å². The average molecular weight is 205 g/mol. The fraction of sp³-hybridized carbons (Fsp3) is 0.200. The van der Waals surface area contributed by atoms with Gasteiger partial charge in [0.1, 0.15) is 5.82 Å². The molecule has 0 aromatic carbocycles. The van der Waals surface area contributed by atoms with Gasteiger partial charge >= 0.3 is 0 Å². The molecule has 0 radical (unpaired) electrons. The van der Waals surface area contributed by atoms with Crippen molar-refractivity contribution < 1.29 is 0 Å². The molecule has 0 bridgehead atoms. The lowest BCUT2D eigenvalue weighted by Crippen LogP contribution is -2.00. The fourth-order valence-corrected chi connectivity index (χ4v) is 1.75. The summed E-state index contributed by atoms with van der Waals surface area (Å²) in [5.41, 5.74) is 1.07. The zero-order valence-corrected chi connectivity index (χ0v) is 8.71. The van der Waals surface area contributed by atoms with Crippen LogP contribution in [0.25, 0.3) is 0 Å². The van der Waals surface area contributed by atoms with Gasteiger partial charge in [-0.05, 0) is 19.1 Å². The van der Waals surface area contributed by atoms with E-state index in [0.29, 0.717) is 0 Å². The number of hydrogen-bond acceptors (Lipinski definition) is 4. The van der Waals surface area contributed by atoms with Crippen LogP contribution in [0.15, 0.2) is 29.8 Å². The highest BCUT2D eigenvalue weighted by Gasteiger charge is 1.97. The molecule has 0 aliphatic carbocycles. The summed E-state index contributed by atoms with van der Waals surface area (Å²) < 4.78 is 0. The zero-order valence-electron chi connectivity index (χ0n) is 7.90. The Kier molecular flexibility index (Phi) is 2.74. The minimum Gasteiger partial charge on any atom is -0.364 e. The zero-order chi connectivity index (χ0) is 9.80. The van der Waals surface area contributed by atoms with Crippen molar-refractivity contribution in [2.24, 2.45) is 0 Å². The number of hydrogen-bond donors (Lipinski definition) is 1. The van der Waals surface area contributed by atoms with Gasteiger partial charge in [0, 0.05) is 11.6 Å². The van der Waals surface area contributed by atoms with Gasteiger partial charge in [-0.2, -0.15) is 0 Å². The lowest BCUT2D eigenvalue weighted by atomic mass is 10.4. The Balaban J connectivity index is 1.95. The molecule has 72 valence electrons. The molecule has 0 atom stereocenters. The summed E-state index contributed by atoms with van der Waals surface area (Å²) in [6.45, 7) is 2.75. The van der Waals surface area contributed by atoms with Crippen LogP contribution in [0, 0.1) is 6.92 Å². The molecule has 3 nitrogen and oxygen atoms in total. The van der Waals surface area contributed by atoms with E-state index in [0.717, 1.165) is 23.1 Å². The van der Waals surface area contributed by atoms with Crippen molar-refractivity contribution in [2.45, 2.75) is 13.5 Å². The third kappa shape index (κ3) is 2.29. The number of aryl methyl sites for hydroxylation is 1. The fourth-order valence-electron chi connectivity index (χ4n) is 1.14. The molecule has 2 rings (SSSR count). The molecular weight excluding hydrogens is 194 g/mol. The molecule has 14 heavy (non-hydrogen) atoms. The Bertz CT molecular complexity index is 397. The number of thiazole rings is 1. The maximum atomic E-state index is 4.35. The monoisotopic (exact) mass is 205 g/mol. The highest BCUT2D eigenvalue weighted by Crippen LogP contribution is 2.09. The van der Waals surface area contributed by atoms with Gasteiger partial charge in [0.25, 0.3) is 0 Å². The molecule has 0 aliphatic heterocycles. The van der Waals surface area contributed by atoms with Crippen molar-refractivity contribution in [2.75, 3.05) is 5.32 Å². The molecular formula is C10H11N3S. The van der Waals surface area contributed by atoms with Gasteiger partial charge in [-0.15, -0.1) is 11.3 Å². The predicted octanol–water partition coefficient (Wildman–Crippen LogP) is 2.46. The summed E-state index contributed by atoms with van der Waals surface area (Å²) in [6, 6.07) is 5.80. The normalized spacial score (nSPS) is 10.1. The second-order valence-electron chi connectivity index (χ2n) is 2.93. The number of pyridine rings is 1. The largest absolute Gasteiger partial charge is 0.364 e. The van der Waals surface area contributed by atoms with Crippen molar-refractivity contribution in [1.29, 1.82) is 0 Å². The molecule has 0 aliphatic rings. The number of rotatable bonds is 3. The van der Waals surface area contributed by atoms with E-state index in [9.17, 15) is 0 Å². The Morgan fingerprint density at radius 3 is 3.00 bits per heavy atom. The van der Waals surface area contributed by atoms with E-state index < -0.39 is 0 Å². The molecule has 0 amide bonds. The number of aromatic nitrogens is 2. The molecule has 1 N–H and O–H groups in total. The topological polar surface area (TPSA) is 37.8 Å². The van der Waals surface area contributed by atoms with E-state index in [2.05, 4.69) is 20.7 Å². The highest BCUT2D eigenvalue weighted by atomic mass is 32.1. The maximum absolute atomic E-state index is 4.35. The minimum absolute atomic E-state index is 0.737. The summed E-state index contributed by atoms with van der Waals surface area (Å²) in [5.74, 6) is 0.887. The second kappa shape index (κ2) is 4.19. The number of anilines is 1. The van der Waals surface area contributed by atoms with Crippen LogP contribution in [0.2, 0.25) is 0 Å². The summed E-state index contributed by atoms with van der Waals surface area (Å²) >= 11 is 1.67. The highest BCUT2D eigenvalue weighted by molar-refractivity contribution is 7.09. The van der Waals surface area contributed by atoms with Gasteiger partial charge in [-0.3, -0.25) is 0 Å². The standard InChI is InChI=1S/C10H11N3S/c1-8-13-9(7-14-8)6-12-10-4-2-3-5-11-10/h2-5,7H,6H2,1H3,(H,11,12). The van der Waals surface area contributed by atoms with Crippen LogP contribution in [0.3, 0.4) is 0 Å². The first kappa shape index (κ1) is 9.15. The van der Waals surface area contributed by atoms with Crippen molar-refractivity contribution in [1.82, 2.24) is 9.97 Å². The van der Waals surface area contributed by atoms with Crippen molar-refractivity contribution >= 4 is 17.2 Å². The van der Waals surface area contributed by atoms with Gasteiger partial charge < -0.3 is 5.32 Å². The average Bonchev–Trinajstić information content (AvgIpc) is 2.63. The second-order valence-corrected chi connectivity index (χ2v) is 3.99. The molecule has 0 saturated carbocycles. The van der Waals surface area contributed by atoms with Gasteiger partial charge in [0.05, 0.1) is 17.2 Å². The lowest BCUT2D eigenvalue weighted by Gasteiger charge is -2.01. The Hall–Kier alpha value is -1.42. The SMILES string of the molecule is Cc1nc(CNc2ccccn2)cs1. The first-order chi connectivity index (χ1) is 6.84. The van der Waals surface area contributed by atoms with Crippen LogP contribution in [0.4, 0.5) is 5.82 Å². The van der Waals surface area contributed by atoms with Crippen LogP contribution in [-0.4, -0.2) is 9.97 Å². The Morgan fingerprint density at radius 1 is 1.43 bits per heavy atom. The summed E-state index contributed by atoms with van der Waals surface area (Å²) in [6.07, 6.45) is 1.77. The van der Waals surface area contributed by atoms with E-state index in [1.165, 1.54) is 0 Å². The molecule has 0 unspecified atom stereocenters. The van der Waals surface area contributed by atoms with Crippen molar-refractivity contribution in [3.05, 3.63) is 40.5 Å². The van der Waals surface area contributed by atoms with Crippen LogP contribution in [0.1, 0.15) is 10.7 Å². The molecule has 2 aromatic heterocycles. The van der Waals surface area contributed by atoms with E-state index in [1.807, 2.05) is 25.1 Å². The smallest absolute Gasteiger partial charge is 0.126 e. The first-order valence-corrected chi connectivity index (χ1v) is 5.28. The van der Waals surface area contributed by atoms with Crippen LogP contribution < -0.4 is 5.32 Å². The van der Waals surface area contributed by atoms with E-state index in [1.54, 1.807) is 17.5 Å². The molecule has 0 spiro atoms.